The average Bonchev–Trinajstić information content (AvgIpc) is 2.85. The molecule has 9 nitrogen and oxygen atoms in total. The second kappa shape index (κ2) is 10.3. The molecule has 184 valence electrons. The number of alkyl halides is 3. The molecule has 4 rings (SSSR count). The minimum absolute atomic E-state index is 0.00779. The van der Waals surface area contributed by atoms with Crippen molar-refractivity contribution in [3.63, 3.8) is 0 Å². The molecule has 0 aliphatic carbocycles. The Morgan fingerprint density at radius 2 is 1.72 bits per heavy atom. The molecule has 0 saturated heterocycles. The largest absolute Gasteiger partial charge is 0.573 e. The van der Waals surface area contributed by atoms with Gasteiger partial charge >= 0.3 is 12.1 Å². The van der Waals surface area contributed by atoms with Gasteiger partial charge in [0.05, 0.1) is 6.54 Å². The van der Waals surface area contributed by atoms with Gasteiger partial charge in [0.2, 0.25) is 0 Å². The van der Waals surface area contributed by atoms with Crippen molar-refractivity contribution in [2.45, 2.75) is 19.5 Å². The number of H-pyrrole nitrogens is 1. The summed E-state index contributed by atoms with van der Waals surface area (Å²) in [5.41, 5.74) is -0.267. The van der Waals surface area contributed by atoms with Gasteiger partial charge in [-0.2, -0.15) is 0 Å². The van der Waals surface area contributed by atoms with Crippen LogP contribution < -0.4 is 21.3 Å². The fraction of sp³-hybridized carbons (Fsp3) is 0.125. The second-order valence-electron chi connectivity index (χ2n) is 7.58. The number of nitrogens with one attached hydrogen (secondary N) is 2. The molecule has 0 radical (unpaired) electrons. The third kappa shape index (κ3) is 6.03. The normalized spacial score (nSPS) is 11.2. The summed E-state index contributed by atoms with van der Waals surface area (Å²) >= 11 is 0. The molecule has 0 saturated carbocycles. The summed E-state index contributed by atoms with van der Waals surface area (Å²) in [4.78, 5) is 47.4. The topological polar surface area (TPSA) is 119 Å². The summed E-state index contributed by atoms with van der Waals surface area (Å²) < 4.78 is 44.0. The number of aromatic nitrogens is 4. The van der Waals surface area contributed by atoms with Crippen molar-refractivity contribution < 1.29 is 22.7 Å². The minimum Gasteiger partial charge on any atom is -0.405 e. The lowest BCUT2D eigenvalue weighted by Crippen LogP contribution is -2.38. The number of amides is 1. The summed E-state index contributed by atoms with van der Waals surface area (Å²) in [6.07, 6.45) is -0.834. The molecule has 2 aromatic heterocycles. The van der Waals surface area contributed by atoms with Gasteiger partial charge in [-0.1, -0.05) is 42.5 Å². The number of hydrogen-bond acceptors (Lipinski definition) is 6. The van der Waals surface area contributed by atoms with Crippen molar-refractivity contribution in [2.24, 2.45) is 0 Å². The first kappa shape index (κ1) is 24.4. The number of rotatable bonds is 7. The zero-order valence-electron chi connectivity index (χ0n) is 18.5. The molecule has 2 N–H and O–H groups in total. The maximum absolute atomic E-state index is 13.0. The molecule has 0 fully saturated rings. The molecule has 36 heavy (non-hydrogen) atoms. The van der Waals surface area contributed by atoms with E-state index in [-0.39, 0.29) is 24.3 Å². The lowest BCUT2D eigenvalue weighted by Gasteiger charge is -2.15. The molecule has 4 aromatic rings. The third-order valence-electron chi connectivity index (χ3n) is 5.07. The highest BCUT2D eigenvalue weighted by atomic mass is 19.4. The molecular weight excluding hydrogens is 479 g/mol. The van der Waals surface area contributed by atoms with Crippen LogP contribution in [0.25, 0.3) is 11.1 Å². The van der Waals surface area contributed by atoms with Gasteiger partial charge in [0.15, 0.2) is 0 Å². The number of benzene rings is 2. The van der Waals surface area contributed by atoms with E-state index in [1.807, 2.05) is 0 Å². The van der Waals surface area contributed by atoms with Crippen LogP contribution in [0, 0.1) is 0 Å². The SMILES string of the molecule is O=C(NCc1ccc(-c2cncnc2)cc1OC(F)(F)F)c1cc(=O)n(Cc2ccccc2)c(=O)[nH]1. The summed E-state index contributed by atoms with van der Waals surface area (Å²) in [7, 11) is 0. The number of nitrogens with zero attached hydrogens (tertiary/aromatic N) is 3. The van der Waals surface area contributed by atoms with Crippen LogP contribution in [0.3, 0.4) is 0 Å². The number of carbonyl (C=O) groups excluding carboxylic acids is 1. The maximum atomic E-state index is 13.0. The Kier molecular flexibility index (Phi) is 6.95. The molecule has 1 amide bonds. The van der Waals surface area contributed by atoms with Crippen LogP contribution in [0.5, 0.6) is 5.75 Å². The molecule has 0 aliphatic rings. The van der Waals surface area contributed by atoms with Gasteiger partial charge in [-0.15, -0.1) is 13.2 Å². The molecule has 0 atom stereocenters. The van der Waals surface area contributed by atoms with Gasteiger partial charge in [-0.05, 0) is 17.2 Å². The van der Waals surface area contributed by atoms with E-state index < -0.39 is 29.3 Å². The van der Waals surface area contributed by atoms with Crippen LogP contribution in [0.15, 0.2) is 82.9 Å². The monoisotopic (exact) mass is 497 g/mol. The first-order valence-corrected chi connectivity index (χ1v) is 10.5. The second-order valence-corrected chi connectivity index (χ2v) is 7.58. The van der Waals surface area contributed by atoms with Crippen LogP contribution >= 0.6 is 0 Å². The lowest BCUT2D eigenvalue weighted by atomic mass is 10.1. The Hall–Kier alpha value is -4.74. The van der Waals surface area contributed by atoms with Gasteiger partial charge in [0.25, 0.3) is 11.5 Å². The van der Waals surface area contributed by atoms with Gasteiger partial charge in [-0.3, -0.25) is 14.2 Å². The van der Waals surface area contributed by atoms with Crippen LogP contribution in [-0.2, 0) is 13.1 Å². The average molecular weight is 497 g/mol. The number of carbonyl (C=O) groups is 1. The molecule has 12 heteroatoms. The predicted molar refractivity (Wildman–Crippen MR) is 122 cm³/mol. The minimum atomic E-state index is -4.97. The third-order valence-corrected chi connectivity index (χ3v) is 5.07. The molecular formula is C24H18F3N5O4. The standard InChI is InChI=1S/C24H18F3N5O4/c25-24(26,27)36-20-8-16(18-10-28-14-29-11-18)6-7-17(20)12-30-22(34)19-9-21(33)32(23(35)31-19)13-15-4-2-1-3-5-15/h1-11,14H,12-13H2,(H,30,34)(H,31,35). The number of aromatic amines is 1. The van der Waals surface area contributed by atoms with E-state index in [0.717, 1.165) is 16.7 Å². The van der Waals surface area contributed by atoms with Crippen LogP contribution in [-0.4, -0.2) is 31.8 Å². The molecule has 0 bridgehead atoms. The molecule has 2 aromatic carbocycles. The van der Waals surface area contributed by atoms with E-state index in [1.165, 1.54) is 30.9 Å². The van der Waals surface area contributed by atoms with E-state index in [1.54, 1.807) is 30.3 Å². The summed E-state index contributed by atoms with van der Waals surface area (Å²) in [5, 5.41) is 2.39. The smallest absolute Gasteiger partial charge is 0.405 e. The Balaban J connectivity index is 1.53. The Morgan fingerprint density at radius 1 is 1.00 bits per heavy atom. The molecule has 2 heterocycles. The summed E-state index contributed by atoms with van der Waals surface area (Å²) in [5.74, 6) is -1.38. The van der Waals surface area contributed by atoms with E-state index in [2.05, 4.69) is 25.0 Å². The predicted octanol–water partition coefficient (Wildman–Crippen LogP) is 2.87. The quantitative estimate of drug-likeness (QED) is 0.405. The Labute approximate surface area is 201 Å². The highest BCUT2D eigenvalue weighted by Gasteiger charge is 2.32. The van der Waals surface area contributed by atoms with Crippen LogP contribution in [0.1, 0.15) is 21.6 Å². The fourth-order valence-electron chi connectivity index (χ4n) is 3.38. The molecule has 0 aliphatic heterocycles. The van der Waals surface area contributed by atoms with Gasteiger partial charge in [0.1, 0.15) is 17.8 Å². The first-order valence-electron chi connectivity index (χ1n) is 10.5. The molecule has 0 spiro atoms. The Bertz CT molecular complexity index is 1450. The number of ether oxygens (including phenoxy) is 1. The zero-order valence-corrected chi connectivity index (χ0v) is 18.5. The van der Waals surface area contributed by atoms with Crippen molar-refractivity contribution in [2.75, 3.05) is 0 Å². The van der Waals surface area contributed by atoms with Gasteiger partial charge < -0.3 is 15.0 Å². The van der Waals surface area contributed by atoms with Crippen molar-refractivity contribution in [1.82, 2.24) is 24.8 Å². The van der Waals surface area contributed by atoms with Crippen molar-refractivity contribution >= 4 is 5.91 Å². The summed E-state index contributed by atoms with van der Waals surface area (Å²) in [6.45, 7) is -0.362. The van der Waals surface area contributed by atoms with E-state index in [0.29, 0.717) is 16.7 Å². The van der Waals surface area contributed by atoms with Crippen LogP contribution in [0.2, 0.25) is 0 Å². The highest BCUT2D eigenvalue weighted by Crippen LogP contribution is 2.31. The van der Waals surface area contributed by atoms with Crippen molar-refractivity contribution in [1.29, 1.82) is 0 Å². The van der Waals surface area contributed by atoms with Crippen LogP contribution in [0.4, 0.5) is 13.2 Å². The summed E-state index contributed by atoms with van der Waals surface area (Å²) in [6, 6.07) is 13.8. The van der Waals surface area contributed by atoms with E-state index in [4.69, 9.17) is 0 Å². The van der Waals surface area contributed by atoms with Crippen molar-refractivity contribution in [3.8, 4) is 16.9 Å². The highest BCUT2D eigenvalue weighted by molar-refractivity contribution is 5.92. The molecule has 0 unspecified atom stereocenters. The number of hydrogen-bond donors (Lipinski definition) is 2. The van der Waals surface area contributed by atoms with E-state index >= 15 is 0 Å². The lowest BCUT2D eigenvalue weighted by molar-refractivity contribution is -0.274. The maximum Gasteiger partial charge on any atom is 0.573 e. The van der Waals surface area contributed by atoms with Crippen molar-refractivity contribution in [3.05, 3.63) is 111 Å². The Morgan fingerprint density at radius 3 is 2.39 bits per heavy atom. The zero-order chi connectivity index (χ0) is 25.7. The van der Waals surface area contributed by atoms with Gasteiger partial charge in [0, 0.05) is 36.1 Å². The first-order chi connectivity index (χ1) is 17.2. The van der Waals surface area contributed by atoms with E-state index in [9.17, 15) is 27.6 Å². The van der Waals surface area contributed by atoms with Gasteiger partial charge in [-0.25, -0.2) is 14.8 Å². The fourth-order valence-corrected chi connectivity index (χ4v) is 3.38. The number of halogens is 3.